The van der Waals surface area contributed by atoms with Crippen LogP contribution in [0.3, 0.4) is 0 Å². The maximum atomic E-state index is 5.28. The molecule has 0 fully saturated rings. The highest BCUT2D eigenvalue weighted by atomic mass is 15.0. The fourth-order valence-corrected chi connectivity index (χ4v) is 7.93. The minimum atomic E-state index is 0.0824. The Kier molecular flexibility index (Phi) is 5.32. The Morgan fingerprint density at radius 1 is 0.587 bits per heavy atom. The third-order valence-corrected chi connectivity index (χ3v) is 10.0. The summed E-state index contributed by atoms with van der Waals surface area (Å²) in [5, 5.41) is 6.36. The van der Waals surface area contributed by atoms with Crippen LogP contribution in [-0.2, 0) is 0 Å². The van der Waals surface area contributed by atoms with E-state index in [0.29, 0.717) is 0 Å². The molecule has 0 saturated carbocycles. The minimum Gasteiger partial charge on any atom is -0.310 e. The fraction of sp³-hybridized carbons (Fsp3) is 0.0698. The molecule has 46 heavy (non-hydrogen) atoms. The first-order valence-corrected chi connectivity index (χ1v) is 16.1. The highest BCUT2D eigenvalue weighted by molar-refractivity contribution is 6.26. The van der Waals surface area contributed by atoms with E-state index >= 15 is 0 Å². The third kappa shape index (κ3) is 3.54. The van der Waals surface area contributed by atoms with Crippen molar-refractivity contribution in [3.05, 3.63) is 151 Å². The van der Waals surface area contributed by atoms with Crippen LogP contribution in [0.15, 0.2) is 146 Å². The van der Waals surface area contributed by atoms with Crippen LogP contribution < -0.4 is 0 Å². The summed E-state index contributed by atoms with van der Waals surface area (Å²) in [7, 11) is 0. The van der Waals surface area contributed by atoms with E-state index < -0.39 is 0 Å². The van der Waals surface area contributed by atoms with Gasteiger partial charge in [0.25, 0.3) is 0 Å². The molecule has 8 aromatic rings. The molecule has 0 saturated heterocycles. The van der Waals surface area contributed by atoms with E-state index in [2.05, 4.69) is 151 Å². The van der Waals surface area contributed by atoms with Crippen molar-refractivity contribution in [2.24, 2.45) is 5.92 Å². The molecule has 3 heteroatoms. The topological polar surface area (TPSA) is 30.7 Å². The molecule has 10 rings (SSSR count). The van der Waals surface area contributed by atoms with Gasteiger partial charge in [0.15, 0.2) is 5.82 Å². The molecule has 2 heterocycles. The predicted molar refractivity (Wildman–Crippen MR) is 192 cm³/mol. The maximum Gasteiger partial charge on any atom is 0.160 e. The van der Waals surface area contributed by atoms with Crippen molar-refractivity contribution in [1.29, 1.82) is 0 Å². The number of aromatic nitrogens is 3. The molecule has 2 unspecified atom stereocenters. The number of fused-ring (bicyclic) bond motifs is 8. The van der Waals surface area contributed by atoms with Crippen LogP contribution in [0, 0.1) is 5.92 Å². The zero-order valence-electron chi connectivity index (χ0n) is 25.4. The molecule has 2 atom stereocenters. The summed E-state index contributed by atoms with van der Waals surface area (Å²) in [4.78, 5) is 10.3. The average Bonchev–Trinajstić information content (AvgIpc) is 3.62. The Labute approximate surface area is 266 Å². The Morgan fingerprint density at radius 2 is 1.35 bits per heavy atom. The first-order valence-electron chi connectivity index (χ1n) is 16.1. The van der Waals surface area contributed by atoms with Crippen molar-refractivity contribution in [3.8, 4) is 33.6 Å². The zero-order valence-corrected chi connectivity index (χ0v) is 25.4. The fourth-order valence-electron chi connectivity index (χ4n) is 7.93. The smallest absolute Gasteiger partial charge is 0.160 e. The SMILES string of the molecule is CC1C=CC(n2c3ccccc3c3c4c(ccc32)-c2cccc3cccc-4c23)=CC1c1nc(-c2ccccc2)nc2ccccc12. The van der Waals surface area contributed by atoms with Gasteiger partial charge in [0.05, 0.1) is 22.2 Å². The van der Waals surface area contributed by atoms with Gasteiger partial charge in [0, 0.05) is 38.9 Å². The number of hydrogen-bond acceptors (Lipinski definition) is 2. The number of nitrogens with zero attached hydrogens (tertiary/aromatic N) is 3. The molecule has 0 spiro atoms. The van der Waals surface area contributed by atoms with E-state index in [4.69, 9.17) is 9.97 Å². The number of allylic oxidation sites excluding steroid dienone is 4. The van der Waals surface area contributed by atoms with E-state index in [0.717, 1.165) is 28.0 Å². The van der Waals surface area contributed by atoms with E-state index in [1.807, 2.05) is 6.07 Å². The summed E-state index contributed by atoms with van der Waals surface area (Å²) >= 11 is 0. The lowest BCUT2D eigenvalue weighted by Crippen LogP contribution is -2.14. The summed E-state index contributed by atoms with van der Waals surface area (Å²) in [5.41, 5.74) is 12.0. The Bertz CT molecular complexity index is 2600. The molecule has 2 aliphatic rings. The lowest BCUT2D eigenvalue weighted by atomic mass is 9.84. The van der Waals surface area contributed by atoms with Crippen molar-refractivity contribution in [2.45, 2.75) is 12.8 Å². The highest BCUT2D eigenvalue weighted by Crippen LogP contribution is 2.52. The standard InChI is InChI=1S/C43H29N3/c1-26-21-22-29(25-35(26)42-32-15-5-7-19-36(32)44-43(45-42)28-11-3-2-4-12-28)46-37-20-8-6-16-33(37)41-38(46)24-23-31-30-17-9-13-27-14-10-18-34(39(27)30)40(31)41/h2-26,35H,1H3. The van der Waals surface area contributed by atoms with E-state index in [1.54, 1.807) is 0 Å². The molecule has 2 aromatic heterocycles. The normalized spacial score (nSPS) is 16.8. The van der Waals surface area contributed by atoms with E-state index in [9.17, 15) is 0 Å². The molecular weight excluding hydrogens is 558 g/mol. The van der Waals surface area contributed by atoms with Crippen LogP contribution in [0.2, 0.25) is 0 Å². The first kappa shape index (κ1) is 25.5. The van der Waals surface area contributed by atoms with Gasteiger partial charge >= 0.3 is 0 Å². The molecule has 0 aliphatic heterocycles. The van der Waals surface area contributed by atoms with Crippen molar-refractivity contribution in [2.75, 3.05) is 0 Å². The van der Waals surface area contributed by atoms with Crippen LogP contribution in [0.4, 0.5) is 0 Å². The van der Waals surface area contributed by atoms with Gasteiger partial charge in [0.1, 0.15) is 0 Å². The summed E-state index contributed by atoms with van der Waals surface area (Å²) in [5.74, 6) is 1.13. The van der Waals surface area contributed by atoms with Gasteiger partial charge in [-0.2, -0.15) is 0 Å². The summed E-state index contributed by atoms with van der Waals surface area (Å²) in [6, 6.07) is 45.7. The Balaban J connectivity index is 1.22. The van der Waals surface area contributed by atoms with Gasteiger partial charge in [-0.05, 0) is 57.7 Å². The van der Waals surface area contributed by atoms with Gasteiger partial charge < -0.3 is 4.57 Å². The Hall–Kier alpha value is -5.80. The number of benzene rings is 6. The van der Waals surface area contributed by atoms with Gasteiger partial charge in [-0.1, -0.05) is 128 Å². The quantitative estimate of drug-likeness (QED) is 0.206. The second kappa shape index (κ2) is 9.60. The van der Waals surface area contributed by atoms with Crippen molar-refractivity contribution in [1.82, 2.24) is 14.5 Å². The van der Waals surface area contributed by atoms with Crippen LogP contribution in [0.1, 0.15) is 18.5 Å². The highest BCUT2D eigenvalue weighted by Gasteiger charge is 2.29. The van der Waals surface area contributed by atoms with Gasteiger partial charge in [-0.15, -0.1) is 0 Å². The lowest BCUT2D eigenvalue weighted by molar-refractivity contribution is 0.624. The van der Waals surface area contributed by atoms with Gasteiger partial charge in [0.2, 0.25) is 0 Å². The van der Waals surface area contributed by atoms with E-state index in [-0.39, 0.29) is 11.8 Å². The van der Waals surface area contributed by atoms with Crippen molar-refractivity contribution >= 4 is 49.2 Å². The monoisotopic (exact) mass is 587 g/mol. The van der Waals surface area contributed by atoms with E-state index in [1.165, 1.54) is 60.5 Å². The molecule has 3 nitrogen and oxygen atoms in total. The zero-order chi connectivity index (χ0) is 30.4. The third-order valence-electron chi connectivity index (χ3n) is 10.0. The lowest BCUT2D eigenvalue weighted by Gasteiger charge is -2.25. The first-order chi connectivity index (χ1) is 22.7. The van der Waals surface area contributed by atoms with Crippen LogP contribution in [0.25, 0.3) is 82.8 Å². The maximum absolute atomic E-state index is 5.28. The Morgan fingerprint density at radius 3 is 2.22 bits per heavy atom. The molecule has 0 N–H and O–H groups in total. The number of para-hydroxylation sites is 2. The van der Waals surface area contributed by atoms with Crippen LogP contribution in [-0.4, -0.2) is 14.5 Å². The molecule has 0 radical (unpaired) electrons. The molecule has 6 aromatic carbocycles. The summed E-state index contributed by atoms with van der Waals surface area (Å²) < 4.78 is 2.46. The van der Waals surface area contributed by atoms with Crippen molar-refractivity contribution < 1.29 is 0 Å². The van der Waals surface area contributed by atoms with Crippen molar-refractivity contribution in [3.63, 3.8) is 0 Å². The number of hydrogen-bond donors (Lipinski definition) is 0. The van der Waals surface area contributed by atoms with Crippen LogP contribution >= 0.6 is 0 Å². The molecule has 0 amide bonds. The van der Waals surface area contributed by atoms with Gasteiger partial charge in [-0.25, -0.2) is 9.97 Å². The molecule has 216 valence electrons. The second-order valence-corrected chi connectivity index (χ2v) is 12.6. The van der Waals surface area contributed by atoms with Gasteiger partial charge in [-0.3, -0.25) is 0 Å². The summed E-state index contributed by atoms with van der Waals surface area (Å²) in [6.45, 7) is 2.30. The molecular formula is C43H29N3. The largest absolute Gasteiger partial charge is 0.310 e. The number of rotatable bonds is 3. The second-order valence-electron chi connectivity index (χ2n) is 12.6. The molecule has 2 aliphatic carbocycles. The molecule has 0 bridgehead atoms. The van der Waals surface area contributed by atoms with Crippen LogP contribution in [0.5, 0.6) is 0 Å². The minimum absolute atomic E-state index is 0.0824. The average molecular weight is 588 g/mol. The predicted octanol–water partition coefficient (Wildman–Crippen LogP) is 11.0. The summed E-state index contributed by atoms with van der Waals surface area (Å²) in [6.07, 6.45) is 7.09.